The smallest absolute Gasteiger partial charge is 0.201 e. The molecule has 0 aliphatic carbocycles. The van der Waals surface area contributed by atoms with E-state index in [1.165, 1.54) is 10.6 Å². The van der Waals surface area contributed by atoms with E-state index in [-0.39, 0.29) is 11.5 Å². The first-order valence-corrected chi connectivity index (χ1v) is 5.25. The molecule has 1 heterocycles. The van der Waals surface area contributed by atoms with Crippen LogP contribution in [0.3, 0.4) is 0 Å². The Morgan fingerprint density at radius 3 is 2.71 bits per heavy atom. The Balaban J connectivity index is 2.53. The van der Waals surface area contributed by atoms with Crippen molar-refractivity contribution in [2.75, 3.05) is 26.4 Å². The molecule has 0 fully saturated rings. The van der Waals surface area contributed by atoms with Gasteiger partial charge in [0.1, 0.15) is 5.52 Å². The van der Waals surface area contributed by atoms with Crippen molar-refractivity contribution in [3.8, 4) is 0 Å². The van der Waals surface area contributed by atoms with Crippen LogP contribution >= 0.6 is 0 Å². The topological polar surface area (TPSA) is 47.1 Å². The highest BCUT2D eigenvalue weighted by molar-refractivity contribution is 5.79. The van der Waals surface area contributed by atoms with Crippen LogP contribution < -0.4 is 5.73 Å². The van der Waals surface area contributed by atoms with Crippen LogP contribution in [0.2, 0.25) is 0 Å². The molecule has 2 N–H and O–H groups in total. The molecule has 2 aromatic rings. The number of benzene rings is 1. The van der Waals surface area contributed by atoms with Gasteiger partial charge in [0, 0.05) is 13.1 Å². The number of imidazole rings is 1. The second-order valence-electron chi connectivity index (χ2n) is 4.15. The van der Waals surface area contributed by atoms with E-state index in [0.717, 1.165) is 6.07 Å². The van der Waals surface area contributed by atoms with Crippen molar-refractivity contribution in [1.82, 2.24) is 14.5 Å². The van der Waals surface area contributed by atoms with Crippen molar-refractivity contribution in [2.45, 2.75) is 6.54 Å². The third kappa shape index (κ3) is 2.08. The molecule has 0 unspecified atom stereocenters. The van der Waals surface area contributed by atoms with Crippen molar-refractivity contribution < 1.29 is 8.78 Å². The number of nitrogens with zero attached hydrogens (tertiary/aromatic N) is 3. The predicted octanol–water partition coefficient (Wildman–Crippen LogP) is 1.46. The van der Waals surface area contributed by atoms with E-state index < -0.39 is 11.6 Å². The average molecular weight is 240 g/mol. The summed E-state index contributed by atoms with van der Waals surface area (Å²) < 4.78 is 28.4. The Labute approximate surface area is 97.6 Å². The summed E-state index contributed by atoms with van der Waals surface area (Å²) in [4.78, 5) is 5.94. The molecule has 17 heavy (non-hydrogen) atoms. The molecule has 0 aliphatic heterocycles. The number of nitrogen functional groups attached to an aromatic ring is 1. The molecule has 1 aromatic carbocycles. The number of hydrogen-bond acceptors (Lipinski definition) is 3. The van der Waals surface area contributed by atoms with Crippen LogP contribution in [0.5, 0.6) is 0 Å². The first kappa shape index (κ1) is 11.8. The van der Waals surface area contributed by atoms with Crippen LogP contribution in [0.1, 0.15) is 0 Å². The molecule has 6 heteroatoms. The highest BCUT2D eigenvalue weighted by Crippen LogP contribution is 2.22. The minimum Gasteiger partial charge on any atom is -0.369 e. The predicted molar refractivity (Wildman–Crippen MR) is 62.6 cm³/mol. The van der Waals surface area contributed by atoms with E-state index in [2.05, 4.69) is 4.98 Å². The van der Waals surface area contributed by atoms with Gasteiger partial charge in [0.05, 0.1) is 5.52 Å². The van der Waals surface area contributed by atoms with Gasteiger partial charge < -0.3 is 15.2 Å². The highest BCUT2D eigenvalue weighted by Gasteiger charge is 2.15. The van der Waals surface area contributed by atoms with Gasteiger partial charge in [-0.05, 0) is 26.2 Å². The van der Waals surface area contributed by atoms with Crippen molar-refractivity contribution in [3.05, 3.63) is 23.8 Å². The standard InChI is InChI=1S/C11H14F2N4/c1-16(2)5-6-17-10-8(15-11(17)14)4-3-7(12)9(10)13/h3-4H,5-6H2,1-2H3,(H2,14,15). The molecule has 0 radical (unpaired) electrons. The third-order valence-electron chi connectivity index (χ3n) is 2.60. The van der Waals surface area contributed by atoms with Crippen molar-refractivity contribution in [2.24, 2.45) is 0 Å². The van der Waals surface area contributed by atoms with Gasteiger partial charge in [0.25, 0.3) is 0 Å². The van der Waals surface area contributed by atoms with Gasteiger partial charge in [-0.1, -0.05) is 0 Å². The second kappa shape index (κ2) is 4.29. The maximum absolute atomic E-state index is 13.7. The molecular weight excluding hydrogens is 226 g/mol. The van der Waals surface area contributed by atoms with Crippen LogP contribution in [0.4, 0.5) is 14.7 Å². The van der Waals surface area contributed by atoms with Gasteiger partial charge >= 0.3 is 0 Å². The van der Waals surface area contributed by atoms with Gasteiger partial charge in [-0.25, -0.2) is 13.8 Å². The first-order chi connectivity index (χ1) is 8.00. The fourth-order valence-electron chi connectivity index (χ4n) is 1.70. The fraction of sp³-hybridized carbons (Fsp3) is 0.364. The minimum absolute atomic E-state index is 0.129. The number of fused-ring (bicyclic) bond motifs is 1. The number of rotatable bonds is 3. The van der Waals surface area contributed by atoms with E-state index in [9.17, 15) is 8.78 Å². The fourth-order valence-corrected chi connectivity index (χ4v) is 1.70. The zero-order valence-electron chi connectivity index (χ0n) is 9.74. The van der Waals surface area contributed by atoms with Crippen LogP contribution in [0.25, 0.3) is 11.0 Å². The quantitative estimate of drug-likeness (QED) is 0.883. The summed E-state index contributed by atoms with van der Waals surface area (Å²) in [6.45, 7) is 1.14. The Kier molecular flexibility index (Phi) is 2.97. The van der Waals surface area contributed by atoms with Crippen molar-refractivity contribution >= 4 is 17.0 Å². The number of likely N-dealkylation sites (N-methyl/N-ethyl adjacent to an activating group) is 1. The zero-order valence-corrected chi connectivity index (χ0v) is 9.74. The van der Waals surface area contributed by atoms with Gasteiger partial charge in [0.15, 0.2) is 11.6 Å². The summed E-state index contributed by atoms with van der Waals surface area (Å²) >= 11 is 0. The summed E-state index contributed by atoms with van der Waals surface area (Å²) in [5.74, 6) is -1.58. The largest absolute Gasteiger partial charge is 0.369 e. The highest BCUT2D eigenvalue weighted by atomic mass is 19.2. The first-order valence-electron chi connectivity index (χ1n) is 5.25. The molecule has 0 aliphatic rings. The normalized spacial score (nSPS) is 11.6. The Morgan fingerprint density at radius 2 is 2.06 bits per heavy atom. The van der Waals surface area contributed by atoms with Gasteiger partial charge in [-0.2, -0.15) is 0 Å². The van der Waals surface area contributed by atoms with E-state index in [1.54, 1.807) is 0 Å². The van der Waals surface area contributed by atoms with Crippen molar-refractivity contribution in [3.63, 3.8) is 0 Å². The zero-order chi connectivity index (χ0) is 12.6. The van der Waals surface area contributed by atoms with Crippen LogP contribution in [-0.2, 0) is 6.54 Å². The molecular formula is C11H14F2N4. The molecule has 4 nitrogen and oxygen atoms in total. The molecule has 2 rings (SSSR count). The van der Waals surface area contributed by atoms with E-state index in [4.69, 9.17) is 5.73 Å². The second-order valence-corrected chi connectivity index (χ2v) is 4.15. The monoisotopic (exact) mass is 240 g/mol. The molecule has 92 valence electrons. The van der Waals surface area contributed by atoms with Crippen LogP contribution in [0.15, 0.2) is 12.1 Å². The SMILES string of the molecule is CN(C)CCn1c(N)nc2ccc(F)c(F)c21. The lowest BCUT2D eigenvalue weighted by molar-refractivity contribution is 0.386. The molecule has 0 saturated carbocycles. The van der Waals surface area contributed by atoms with Gasteiger partial charge in [-0.15, -0.1) is 0 Å². The van der Waals surface area contributed by atoms with Crippen molar-refractivity contribution in [1.29, 1.82) is 0 Å². The Hall–Kier alpha value is -1.69. The van der Waals surface area contributed by atoms with Gasteiger partial charge in [0.2, 0.25) is 5.95 Å². The number of hydrogen-bond donors (Lipinski definition) is 1. The lowest BCUT2D eigenvalue weighted by Gasteiger charge is -2.11. The molecule has 1 aromatic heterocycles. The summed E-state index contributed by atoms with van der Waals surface area (Å²) in [5.41, 5.74) is 6.21. The molecule has 0 spiro atoms. The van der Waals surface area contributed by atoms with Crippen LogP contribution in [0, 0.1) is 11.6 Å². The number of aromatic nitrogens is 2. The Morgan fingerprint density at radius 1 is 1.35 bits per heavy atom. The molecule has 0 atom stereocenters. The lowest BCUT2D eigenvalue weighted by Crippen LogP contribution is -2.19. The number of anilines is 1. The van der Waals surface area contributed by atoms with E-state index in [1.807, 2.05) is 19.0 Å². The number of halogens is 2. The molecule has 0 amide bonds. The maximum atomic E-state index is 13.7. The molecule has 0 saturated heterocycles. The average Bonchev–Trinajstić information content (AvgIpc) is 2.58. The summed E-state index contributed by atoms with van der Waals surface area (Å²) in [7, 11) is 3.79. The summed E-state index contributed by atoms with van der Waals surface area (Å²) in [5, 5.41) is 0. The van der Waals surface area contributed by atoms with Crippen LogP contribution in [-0.4, -0.2) is 35.1 Å². The maximum Gasteiger partial charge on any atom is 0.201 e. The van der Waals surface area contributed by atoms with E-state index in [0.29, 0.717) is 18.6 Å². The third-order valence-corrected chi connectivity index (χ3v) is 2.60. The summed E-state index contributed by atoms with van der Waals surface area (Å²) in [6.07, 6.45) is 0. The number of nitrogens with two attached hydrogens (primary N) is 1. The minimum atomic E-state index is -0.898. The Bertz CT molecular complexity index is 548. The molecule has 0 bridgehead atoms. The lowest BCUT2D eigenvalue weighted by atomic mass is 10.3. The van der Waals surface area contributed by atoms with Gasteiger partial charge in [-0.3, -0.25) is 0 Å². The summed E-state index contributed by atoms with van der Waals surface area (Å²) in [6, 6.07) is 2.48. The van der Waals surface area contributed by atoms with E-state index >= 15 is 0 Å².